The summed E-state index contributed by atoms with van der Waals surface area (Å²) in [5.41, 5.74) is 0.991. The van der Waals surface area contributed by atoms with Crippen molar-refractivity contribution in [2.75, 3.05) is 39.4 Å². The molecule has 3 aliphatic rings. The first-order chi connectivity index (χ1) is 9.63. The highest BCUT2D eigenvalue weighted by Crippen LogP contribution is 2.37. The molecule has 0 amide bonds. The molecule has 2 aliphatic heterocycles. The van der Waals surface area contributed by atoms with Crippen LogP contribution in [0, 0.1) is 10.8 Å². The Labute approximate surface area is 124 Å². The number of hydrogen-bond acceptors (Lipinski definition) is 3. The van der Waals surface area contributed by atoms with Crippen LogP contribution in [-0.2, 0) is 4.74 Å². The second-order valence-corrected chi connectivity index (χ2v) is 7.90. The van der Waals surface area contributed by atoms with Crippen molar-refractivity contribution in [2.24, 2.45) is 10.8 Å². The molecule has 0 radical (unpaired) electrons. The van der Waals surface area contributed by atoms with E-state index in [0.29, 0.717) is 10.8 Å². The molecule has 0 aromatic heterocycles. The normalized spacial score (nSPS) is 34.5. The van der Waals surface area contributed by atoms with E-state index in [4.69, 9.17) is 4.74 Å². The molecule has 116 valence electrons. The minimum Gasteiger partial charge on any atom is -0.381 e. The van der Waals surface area contributed by atoms with Crippen LogP contribution in [0.3, 0.4) is 0 Å². The molecule has 1 N–H and O–H groups in total. The van der Waals surface area contributed by atoms with E-state index < -0.39 is 0 Å². The van der Waals surface area contributed by atoms with Gasteiger partial charge in [0.15, 0.2) is 0 Å². The van der Waals surface area contributed by atoms with Crippen LogP contribution in [0.5, 0.6) is 0 Å². The van der Waals surface area contributed by atoms with Gasteiger partial charge in [-0.3, -0.25) is 0 Å². The minimum absolute atomic E-state index is 0.391. The molecule has 3 rings (SSSR count). The molecule has 1 atom stereocenters. The number of nitrogens with zero attached hydrogens (tertiary/aromatic N) is 1. The van der Waals surface area contributed by atoms with Crippen molar-refractivity contribution in [1.29, 1.82) is 0 Å². The number of likely N-dealkylation sites (tertiary alicyclic amines) is 1. The fourth-order valence-electron chi connectivity index (χ4n) is 3.70. The van der Waals surface area contributed by atoms with Crippen LogP contribution in [0.1, 0.15) is 52.4 Å². The Kier molecular flexibility index (Phi) is 4.40. The first-order valence-electron chi connectivity index (χ1n) is 8.67. The summed E-state index contributed by atoms with van der Waals surface area (Å²) in [4.78, 5) is 2.71. The van der Waals surface area contributed by atoms with E-state index in [1.165, 1.54) is 64.7 Å². The van der Waals surface area contributed by atoms with Gasteiger partial charge in [0, 0.05) is 31.2 Å². The number of ether oxygens (including phenoxy) is 1. The van der Waals surface area contributed by atoms with Gasteiger partial charge in [-0.15, -0.1) is 0 Å². The summed E-state index contributed by atoms with van der Waals surface area (Å²) in [5.74, 6) is 0. The SMILES string of the molecule is CCC1(C)CCN(CC2(CNC3CC3)CCOC2)CC1. The van der Waals surface area contributed by atoms with Crippen molar-refractivity contribution < 1.29 is 4.74 Å². The highest BCUT2D eigenvalue weighted by Gasteiger charge is 2.39. The van der Waals surface area contributed by atoms with Gasteiger partial charge >= 0.3 is 0 Å². The largest absolute Gasteiger partial charge is 0.381 e. The highest BCUT2D eigenvalue weighted by molar-refractivity contribution is 4.93. The van der Waals surface area contributed by atoms with Crippen LogP contribution in [0.15, 0.2) is 0 Å². The summed E-state index contributed by atoms with van der Waals surface area (Å²) in [7, 11) is 0. The van der Waals surface area contributed by atoms with Crippen molar-refractivity contribution in [3.63, 3.8) is 0 Å². The zero-order valence-electron chi connectivity index (χ0n) is 13.4. The maximum Gasteiger partial charge on any atom is 0.0547 e. The summed E-state index contributed by atoms with van der Waals surface area (Å²) in [6.45, 7) is 11.7. The molecule has 20 heavy (non-hydrogen) atoms. The lowest BCUT2D eigenvalue weighted by Crippen LogP contribution is -2.48. The molecule has 0 aromatic carbocycles. The van der Waals surface area contributed by atoms with Crippen LogP contribution in [0.25, 0.3) is 0 Å². The monoisotopic (exact) mass is 280 g/mol. The predicted octanol–water partition coefficient (Wildman–Crippen LogP) is 2.66. The van der Waals surface area contributed by atoms with Crippen molar-refractivity contribution in [3.8, 4) is 0 Å². The maximum atomic E-state index is 5.75. The zero-order chi connectivity index (χ0) is 14.1. The fraction of sp³-hybridized carbons (Fsp3) is 1.00. The number of rotatable bonds is 6. The summed E-state index contributed by atoms with van der Waals surface area (Å²) in [6, 6.07) is 0.817. The Morgan fingerprint density at radius 2 is 1.95 bits per heavy atom. The third-order valence-electron chi connectivity index (χ3n) is 6.00. The van der Waals surface area contributed by atoms with Crippen LogP contribution in [-0.4, -0.2) is 50.3 Å². The van der Waals surface area contributed by atoms with Gasteiger partial charge in [0.2, 0.25) is 0 Å². The summed E-state index contributed by atoms with van der Waals surface area (Å²) < 4.78 is 5.75. The van der Waals surface area contributed by atoms with Gasteiger partial charge in [-0.2, -0.15) is 0 Å². The van der Waals surface area contributed by atoms with E-state index in [2.05, 4.69) is 24.1 Å². The predicted molar refractivity (Wildman–Crippen MR) is 83.0 cm³/mol. The first-order valence-corrected chi connectivity index (χ1v) is 8.67. The standard InChI is InChI=1S/C17H32N2O/c1-3-16(2)6-9-19(10-7-16)13-17(8-11-20-14-17)12-18-15-4-5-15/h15,18H,3-14H2,1-2H3. The van der Waals surface area contributed by atoms with Crippen molar-refractivity contribution in [2.45, 2.75) is 58.4 Å². The third kappa shape index (κ3) is 3.55. The average molecular weight is 280 g/mol. The van der Waals surface area contributed by atoms with Crippen LogP contribution in [0.4, 0.5) is 0 Å². The molecule has 3 heteroatoms. The van der Waals surface area contributed by atoms with Crippen molar-refractivity contribution >= 4 is 0 Å². The lowest BCUT2D eigenvalue weighted by molar-refractivity contribution is 0.0613. The maximum absolute atomic E-state index is 5.75. The lowest BCUT2D eigenvalue weighted by Gasteiger charge is -2.42. The molecule has 0 bridgehead atoms. The summed E-state index contributed by atoms with van der Waals surface area (Å²) >= 11 is 0. The summed E-state index contributed by atoms with van der Waals surface area (Å²) in [6.07, 6.45) is 8.09. The molecule has 2 heterocycles. The van der Waals surface area contributed by atoms with E-state index in [1.54, 1.807) is 0 Å². The van der Waals surface area contributed by atoms with Gasteiger partial charge < -0.3 is 15.0 Å². The van der Waals surface area contributed by atoms with E-state index >= 15 is 0 Å². The van der Waals surface area contributed by atoms with Crippen LogP contribution < -0.4 is 5.32 Å². The van der Waals surface area contributed by atoms with Gasteiger partial charge in [-0.25, -0.2) is 0 Å². The van der Waals surface area contributed by atoms with Crippen LogP contribution in [0.2, 0.25) is 0 Å². The van der Waals surface area contributed by atoms with Gasteiger partial charge in [0.05, 0.1) is 6.61 Å². The molecule has 0 spiro atoms. The van der Waals surface area contributed by atoms with Crippen molar-refractivity contribution in [3.05, 3.63) is 0 Å². The lowest BCUT2D eigenvalue weighted by atomic mass is 9.77. The summed E-state index contributed by atoms with van der Waals surface area (Å²) in [5, 5.41) is 3.75. The molecule has 3 nitrogen and oxygen atoms in total. The Balaban J connectivity index is 1.51. The van der Waals surface area contributed by atoms with Crippen LogP contribution >= 0.6 is 0 Å². The smallest absolute Gasteiger partial charge is 0.0547 e. The highest BCUT2D eigenvalue weighted by atomic mass is 16.5. The van der Waals surface area contributed by atoms with Crippen molar-refractivity contribution in [1.82, 2.24) is 10.2 Å². The third-order valence-corrected chi connectivity index (χ3v) is 6.00. The van der Waals surface area contributed by atoms with E-state index in [1.807, 2.05) is 0 Å². The number of piperidine rings is 1. The molecule has 2 saturated heterocycles. The molecule has 1 unspecified atom stereocenters. The Hall–Kier alpha value is -0.120. The molecule has 1 saturated carbocycles. The second kappa shape index (κ2) is 5.94. The molecule has 1 aliphatic carbocycles. The van der Waals surface area contributed by atoms with Gasteiger partial charge in [0.25, 0.3) is 0 Å². The molecule has 3 fully saturated rings. The van der Waals surface area contributed by atoms with Gasteiger partial charge in [0.1, 0.15) is 0 Å². The topological polar surface area (TPSA) is 24.5 Å². The minimum atomic E-state index is 0.391. The number of nitrogens with one attached hydrogen (secondary N) is 1. The molecule has 0 aromatic rings. The van der Waals surface area contributed by atoms with E-state index in [0.717, 1.165) is 19.3 Å². The Bertz CT molecular complexity index is 313. The molecular weight excluding hydrogens is 248 g/mol. The first kappa shape index (κ1) is 14.8. The Morgan fingerprint density at radius 1 is 1.20 bits per heavy atom. The van der Waals surface area contributed by atoms with E-state index in [9.17, 15) is 0 Å². The Morgan fingerprint density at radius 3 is 2.50 bits per heavy atom. The van der Waals surface area contributed by atoms with E-state index in [-0.39, 0.29) is 0 Å². The average Bonchev–Trinajstić information content (AvgIpc) is 3.19. The van der Waals surface area contributed by atoms with Gasteiger partial charge in [-0.1, -0.05) is 20.3 Å². The quantitative estimate of drug-likeness (QED) is 0.809. The second-order valence-electron chi connectivity index (χ2n) is 7.90. The molecular formula is C17H32N2O. The zero-order valence-corrected chi connectivity index (χ0v) is 13.4. The van der Waals surface area contributed by atoms with Gasteiger partial charge in [-0.05, 0) is 50.6 Å². The number of hydrogen-bond donors (Lipinski definition) is 1. The fourth-order valence-corrected chi connectivity index (χ4v) is 3.70.